The lowest BCUT2D eigenvalue weighted by Crippen LogP contribution is -2.29. The van der Waals surface area contributed by atoms with E-state index >= 15 is 0 Å². The maximum atomic E-state index is 13.3. The van der Waals surface area contributed by atoms with Crippen LogP contribution >= 0.6 is 11.6 Å². The zero-order valence-electron chi connectivity index (χ0n) is 43.8. The van der Waals surface area contributed by atoms with Crippen LogP contribution in [0.2, 0.25) is 56.5 Å². The van der Waals surface area contributed by atoms with Crippen molar-refractivity contribution in [2.75, 3.05) is 13.2 Å². The number of nitrogens with zero attached hydrogens (tertiary/aromatic N) is 8. The van der Waals surface area contributed by atoms with Gasteiger partial charge >= 0.3 is 19.5 Å². The minimum Gasteiger partial charge on any atom is -0.489 e. The third-order valence-corrected chi connectivity index (χ3v) is 14.7. The molecule has 0 atom stereocenters. The van der Waals surface area contributed by atoms with Crippen LogP contribution in [0.1, 0.15) is 22.8 Å². The highest BCUT2D eigenvalue weighted by atomic mass is 35.5. The molecular weight excluding hydrogens is 1070 g/mol. The van der Waals surface area contributed by atoms with Gasteiger partial charge in [0.25, 0.3) is 11.6 Å². The largest absolute Gasteiger partial charge is 0.489 e. The number of halogens is 7. The topological polar surface area (TPSA) is 165 Å². The third kappa shape index (κ3) is 19.9. The fourth-order valence-corrected chi connectivity index (χ4v) is 8.35. The predicted octanol–water partition coefficient (Wildman–Crippen LogP) is 12.2. The van der Waals surface area contributed by atoms with Crippen LogP contribution in [0.25, 0.3) is 34.0 Å². The van der Waals surface area contributed by atoms with E-state index < -0.39 is 47.3 Å². The Morgan fingerprint density at radius 3 is 1.38 bits per heavy atom. The highest BCUT2D eigenvalue weighted by Gasteiger charge is 2.38. The van der Waals surface area contributed by atoms with Gasteiger partial charge in [-0.1, -0.05) is 124 Å². The second-order valence-corrected chi connectivity index (χ2v) is 31.7. The average Bonchev–Trinajstić information content (AvgIpc) is 4.17. The van der Waals surface area contributed by atoms with Gasteiger partial charge in [0.15, 0.2) is 11.6 Å². The minimum atomic E-state index is -4.66. The molecule has 0 saturated carbocycles. The van der Waals surface area contributed by atoms with Crippen molar-refractivity contribution in [3.05, 3.63) is 174 Å². The lowest BCUT2D eigenvalue weighted by molar-refractivity contribution is -0.145. The van der Waals surface area contributed by atoms with Gasteiger partial charge in [-0.15, -0.1) is 10.2 Å². The molecule has 0 aliphatic carbocycles. The van der Waals surface area contributed by atoms with Crippen LogP contribution in [-0.2, 0) is 48.5 Å². The van der Waals surface area contributed by atoms with E-state index in [0.29, 0.717) is 48.7 Å². The summed E-state index contributed by atoms with van der Waals surface area (Å²) in [6.07, 6.45) is -6.43. The van der Waals surface area contributed by atoms with E-state index in [4.69, 9.17) is 40.6 Å². The number of para-hydroxylation sites is 1. The van der Waals surface area contributed by atoms with Crippen LogP contribution in [-0.4, -0.2) is 86.0 Å². The Hall–Kier alpha value is -6.73. The quantitative estimate of drug-likeness (QED) is 0.0322. The summed E-state index contributed by atoms with van der Waals surface area (Å²) in [6.45, 7) is 14.8. The van der Waals surface area contributed by atoms with Crippen LogP contribution in [0.4, 0.5) is 26.3 Å². The fourth-order valence-electron chi connectivity index (χ4n) is 6.73. The standard InChI is InChI=1S/C27H29F3N4O2Si.C14H18ClF3N4OSi.C13H13BO3/c1-37(2,3)16-15-35-19-34-25(32-26(33-34)27(28,29)30)22-11-14-24(31-17-22)21-9-12-23(13-10-21)36-18-20-7-5-4-6-8-20;1-24(2,3)7-6-23-9-22-12(10-4-5-11(15)19-8-10)20-13(21-22)14(16,17)18;15-14(16)12-8-6-11(7-9-12)10-17-13-4-2-1-3-5-13/h4-14,17H,15-16,18-19H2,1-3H3;4-5,8H,6-7,9H2,1-3H3;1-9,15-16H,10H2. The van der Waals surface area contributed by atoms with Crippen molar-refractivity contribution >= 4 is 40.3 Å². The highest BCUT2D eigenvalue weighted by molar-refractivity contribution is 6.76. The molecule has 0 bridgehead atoms. The van der Waals surface area contributed by atoms with E-state index in [1.54, 1.807) is 24.3 Å². The minimum absolute atomic E-state index is 0.0412. The number of rotatable bonds is 20. The van der Waals surface area contributed by atoms with Gasteiger partial charge in [-0.05, 0) is 89.3 Å². The van der Waals surface area contributed by atoms with E-state index in [9.17, 15) is 26.3 Å². The Bertz CT molecular complexity index is 3060. The van der Waals surface area contributed by atoms with E-state index in [1.807, 2.05) is 97.1 Å². The molecule has 4 aromatic carbocycles. The van der Waals surface area contributed by atoms with Crippen LogP contribution < -0.4 is 14.9 Å². The summed E-state index contributed by atoms with van der Waals surface area (Å²) in [5.74, 6) is -0.763. The van der Waals surface area contributed by atoms with Gasteiger partial charge in [-0.2, -0.15) is 26.3 Å². The molecule has 8 aromatic rings. The van der Waals surface area contributed by atoms with Gasteiger partial charge in [0, 0.05) is 58.4 Å². The Morgan fingerprint density at radius 1 is 0.526 bits per heavy atom. The number of ether oxygens (including phenoxy) is 4. The molecule has 0 radical (unpaired) electrons. The molecule has 0 fully saturated rings. The second-order valence-electron chi connectivity index (χ2n) is 20.0. The van der Waals surface area contributed by atoms with E-state index in [1.165, 1.54) is 24.5 Å². The van der Waals surface area contributed by atoms with E-state index in [2.05, 4.69) is 69.4 Å². The summed E-state index contributed by atoms with van der Waals surface area (Å²) < 4.78 is 103. The van der Waals surface area contributed by atoms with Gasteiger partial charge in [0.1, 0.15) is 43.3 Å². The zero-order valence-corrected chi connectivity index (χ0v) is 46.6. The lowest BCUT2D eigenvalue weighted by atomic mass is 9.80. The van der Waals surface area contributed by atoms with Crippen molar-refractivity contribution < 1.29 is 55.3 Å². The monoisotopic (exact) mass is 1130 g/mol. The van der Waals surface area contributed by atoms with E-state index in [-0.39, 0.29) is 30.3 Å². The highest BCUT2D eigenvalue weighted by Crippen LogP contribution is 2.31. The van der Waals surface area contributed by atoms with Crippen molar-refractivity contribution in [3.63, 3.8) is 0 Å². The summed E-state index contributed by atoms with van der Waals surface area (Å²) >= 11 is 5.71. The number of hydrogen-bond acceptors (Lipinski definition) is 12. The molecule has 0 spiro atoms. The summed E-state index contributed by atoms with van der Waals surface area (Å²) in [7, 11) is -4.02. The molecule has 24 heteroatoms. The molecule has 412 valence electrons. The number of benzene rings is 4. The first-order valence-corrected chi connectivity index (χ1v) is 32.4. The first-order valence-electron chi connectivity index (χ1n) is 24.6. The van der Waals surface area contributed by atoms with Gasteiger partial charge in [-0.3, -0.25) is 4.98 Å². The maximum absolute atomic E-state index is 13.3. The molecule has 0 amide bonds. The lowest BCUT2D eigenvalue weighted by Gasteiger charge is -2.15. The Balaban J connectivity index is 0.000000206. The Labute approximate surface area is 456 Å². The van der Waals surface area contributed by atoms with Crippen LogP contribution in [0.15, 0.2) is 146 Å². The smallest absolute Gasteiger partial charge is 0.488 e. The Morgan fingerprint density at radius 2 is 0.962 bits per heavy atom. The molecule has 78 heavy (non-hydrogen) atoms. The summed E-state index contributed by atoms with van der Waals surface area (Å²) in [4.78, 5) is 15.6. The fraction of sp³-hybridized carbons (Fsp3) is 0.296. The molecule has 0 unspecified atom stereocenters. The number of hydrogen-bond donors (Lipinski definition) is 2. The van der Waals surface area contributed by atoms with Gasteiger partial charge in [0.05, 0.1) is 5.69 Å². The molecule has 4 aromatic heterocycles. The molecule has 0 saturated heterocycles. The third-order valence-electron chi connectivity index (χ3n) is 11.1. The van der Waals surface area contributed by atoms with Crippen LogP contribution in [0, 0.1) is 0 Å². The van der Waals surface area contributed by atoms with Crippen molar-refractivity contribution in [2.24, 2.45) is 0 Å². The van der Waals surface area contributed by atoms with Gasteiger partial charge in [0.2, 0.25) is 0 Å². The van der Waals surface area contributed by atoms with Crippen molar-refractivity contribution in [1.29, 1.82) is 0 Å². The summed E-state index contributed by atoms with van der Waals surface area (Å²) in [6, 6.07) is 42.2. The molecule has 0 aliphatic heterocycles. The van der Waals surface area contributed by atoms with E-state index in [0.717, 1.165) is 49.6 Å². The van der Waals surface area contributed by atoms with Crippen LogP contribution in [0.5, 0.6) is 11.5 Å². The average molecular weight is 1130 g/mol. The molecule has 4 heterocycles. The van der Waals surface area contributed by atoms with Crippen molar-refractivity contribution in [1.82, 2.24) is 39.5 Å². The van der Waals surface area contributed by atoms with Gasteiger partial charge < -0.3 is 29.0 Å². The molecule has 2 N–H and O–H groups in total. The predicted molar refractivity (Wildman–Crippen MR) is 293 cm³/mol. The normalized spacial score (nSPS) is 11.8. The number of aromatic nitrogens is 8. The Kier molecular flexibility index (Phi) is 21.5. The van der Waals surface area contributed by atoms with Crippen molar-refractivity contribution in [2.45, 2.75) is 90.4 Å². The second kappa shape index (κ2) is 27.7. The van der Waals surface area contributed by atoms with Gasteiger partial charge in [-0.25, -0.2) is 24.3 Å². The molecule has 14 nitrogen and oxygen atoms in total. The first kappa shape index (κ1) is 60.5. The zero-order chi connectivity index (χ0) is 56.5. The number of pyridine rings is 2. The SMILES string of the molecule is C[Si](C)(C)CCOCn1nc(C(F)(F)F)nc1-c1ccc(-c2ccc(OCc3ccccc3)cc2)nc1.C[Si](C)(C)CCOCn1nc(C(F)(F)F)nc1-c1ccc(Cl)nc1.OB(O)c1ccc(COc2ccccc2)cc1. The summed E-state index contributed by atoms with van der Waals surface area (Å²) in [5, 5.41) is 25.3. The van der Waals surface area contributed by atoms with Crippen molar-refractivity contribution in [3.8, 4) is 45.5 Å². The number of alkyl halides is 6. The molecule has 0 aliphatic rings. The van der Waals surface area contributed by atoms with Crippen LogP contribution in [0.3, 0.4) is 0 Å². The summed E-state index contributed by atoms with van der Waals surface area (Å²) in [5.41, 5.74) is 4.87. The first-order chi connectivity index (χ1) is 36.9. The molecule has 8 rings (SSSR count). The maximum Gasteiger partial charge on any atom is 0.488 e. The molecular formula is C54H60BClF6N8O6Si2.